The van der Waals surface area contributed by atoms with Crippen molar-refractivity contribution < 1.29 is 9.90 Å². The Balaban J connectivity index is 2.66. The van der Waals surface area contributed by atoms with Crippen LogP contribution in [-0.4, -0.2) is 15.4 Å². The van der Waals surface area contributed by atoms with Crippen LogP contribution in [0.1, 0.15) is 16.1 Å². The van der Waals surface area contributed by atoms with Gasteiger partial charge < -0.3 is 5.11 Å². The third-order valence-corrected chi connectivity index (χ3v) is 3.50. The van der Waals surface area contributed by atoms with Crippen LogP contribution in [0, 0.1) is 6.92 Å². The van der Waals surface area contributed by atoms with Gasteiger partial charge in [-0.05, 0) is 24.5 Å². The van der Waals surface area contributed by atoms with Crippen molar-refractivity contribution in [1.29, 1.82) is 0 Å². The van der Waals surface area contributed by atoms with E-state index in [1.807, 2.05) is 6.07 Å². The van der Waals surface area contributed by atoms with E-state index in [4.69, 9.17) is 16.7 Å². The highest BCUT2D eigenvalue weighted by Crippen LogP contribution is 2.34. The number of carbonyl (C=O) groups is 1. The van der Waals surface area contributed by atoms with Crippen molar-refractivity contribution in [2.45, 2.75) is 6.92 Å². The molecule has 16 heavy (non-hydrogen) atoms. The fraction of sp³-hybridized carbons (Fsp3) is 0.0909. The summed E-state index contributed by atoms with van der Waals surface area (Å²) < 4.78 is 4.06. The second-order valence-corrected chi connectivity index (χ2v) is 4.44. The van der Waals surface area contributed by atoms with Crippen LogP contribution < -0.4 is 0 Å². The van der Waals surface area contributed by atoms with E-state index >= 15 is 0 Å². The predicted octanol–water partition coefficient (Wildman–Crippen LogP) is 3.47. The third kappa shape index (κ3) is 1.81. The lowest BCUT2D eigenvalue weighted by Gasteiger charge is -2.02. The summed E-state index contributed by atoms with van der Waals surface area (Å²) >= 11 is 7.19. The number of carboxylic acid groups (broad SMARTS) is 1. The third-order valence-electron chi connectivity index (χ3n) is 2.20. The molecule has 1 N–H and O–H groups in total. The van der Waals surface area contributed by atoms with Gasteiger partial charge >= 0.3 is 5.97 Å². The normalized spacial score (nSPS) is 10.4. The smallest absolute Gasteiger partial charge is 0.339 e. The van der Waals surface area contributed by atoms with Crippen molar-refractivity contribution in [3.05, 3.63) is 40.5 Å². The van der Waals surface area contributed by atoms with Gasteiger partial charge in [-0.1, -0.05) is 29.8 Å². The Labute approximate surface area is 101 Å². The molecule has 1 heterocycles. The summed E-state index contributed by atoms with van der Waals surface area (Å²) in [6, 6.07) is 7.15. The highest BCUT2D eigenvalue weighted by molar-refractivity contribution is 7.10. The number of aromatic carboxylic acids is 1. The SMILES string of the molecule is Cc1nsc(-c2ccccc2Cl)c1C(=O)O. The maximum atomic E-state index is 11.1. The van der Waals surface area contributed by atoms with E-state index in [2.05, 4.69) is 4.37 Å². The monoisotopic (exact) mass is 253 g/mol. The summed E-state index contributed by atoms with van der Waals surface area (Å²) in [5.74, 6) is -0.971. The van der Waals surface area contributed by atoms with E-state index < -0.39 is 5.97 Å². The number of aromatic nitrogens is 1. The molecule has 0 amide bonds. The number of hydrogen-bond donors (Lipinski definition) is 1. The molecular formula is C11H8ClNO2S. The van der Waals surface area contributed by atoms with Crippen molar-refractivity contribution in [3.8, 4) is 10.4 Å². The molecule has 5 heteroatoms. The molecule has 0 aliphatic heterocycles. The summed E-state index contributed by atoms with van der Waals surface area (Å²) in [6.07, 6.45) is 0. The number of aryl methyl sites for hydroxylation is 1. The molecule has 0 bridgehead atoms. The number of nitrogens with zero attached hydrogens (tertiary/aromatic N) is 1. The molecular weight excluding hydrogens is 246 g/mol. The molecule has 0 spiro atoms. The van der Waals surface area contributed by atoms with Crippen molar-refractivity contribution in [3.63, 3.8) is 0 Å². The summed E-state index contributed by atoms with van der Waals surface area (Å²) in [7, 11) is 0. The van der Waals surface area contributed by atoms with Crippen LogP contribution in [0.2, 0.25) is 5.02 Å². The minimum absolute atomic E-state index is 0.234. The average molecular weight is 254 g/mol. The second kappa shape index (κ2) is 4.23. The van der Waals surface area contributed by atoms with Gasteiger partial charge in [-0.2, -0.15) is 4.37 Å². The summed E-state index contributed by atoms with van der Waals surface area (Å²) in [6.45, 7) is 1.68. The molecule has 2 rings (SSSR count). The first kappa shape index (κ1) is 11.1. The van der Waals surface area contributed by atoms with Crippen LogP contribution in [0.25, 0.3) is 10.4 Å². The van der Waals surface area contributed by atoms with Crippen LogP contribution in [0.4, 0.5) is 0 Å². The van der Waals surface area contributed by atoms with Crippen molar-refractivity contribution >= 4 is 29.1 Å². The minimum atomic E-state index is -0.971. The molecule has 1 aromatic carbocycles. The van der Waals surface area contributed by atoms with Crippen molar-refractivity contribution in [2.75, 3.05) is 0 Å². The van der Waals surface area contributed by atoms with Crippen molar-refractivity contribution in [1.82, 2.24) is 4.37 Å². The first-order valence-corrected chi connectivity index (χ1v) is 5.71. The quantitative estimate of drug-likeness (QED) is 0.892. The molecule has 0 aliphatic carbocycles. The highest BCUT2D eigenvalue weighted by Gasteiger charge is 2.19. The van der Waals surface area contributed by atoms with E-state index in [0.717, 1.165) is 11.5 Å². The number of halogens is 1. The molecule has 0 aliphatic rings. The van der Waals surface area contributed by atoms with Crippen molar-refractivity contribution in [2.24, 2.45) is 0 Å². The van der Waals surface area contributed by atoms with Crippen LogP contribution in [0.15, 0.2) is 24.3 Å². The maximum absolute atomic E-state index is 11.1. The van der Waals surface area contributed by atoms with Crippen LogP contribution in [0.5, 0.6) is 0 Å². The van der Waals surface area contributed by atoms with Gasteiger partial charge in [0.05, 0.1) is 10.6 Å². The van der Waals surface area contributed by atoms with Gasteiger partial charge in [0.1, 0.15) is 5.56 Å². The van der Waals surface area contributed by atoms with E-state index in [1.165, 1.54) is 0 Å². The summed E-state index contributed by atoms with van der Waals surface area (Å²) in [5, 5.41) is 9.65. The fourth-order valence-electron chi connectivity index (χ4n) is 1.45. The first-order valence-electron chi connectivity index (χ1n) is 4.55. The fourth-order valence-corrected chi connectivity index (χ4v) is 2.66. The molecule has 0 fully saturated rings. The Hall–Kier alpha value is -1.39. The zero-order chi connectivity index (χ0) is 11.7. The van der Waals surface area contributed by atoms with E-state index in [0.29, 0.717) is 21.2 Å². The van der Waals surface area contributed by atoms with Gasteiger partial charge in [0, 0.05) is 10.6 Å². The summed E-state index contributed by atoms with van der Waals surface area (Å²) in [4.78, 5) is 11.7. The number of hydrogen-bond acceptors (Lipinski definition) is 3. The lowest BCUT2D eigenvalue weighted by Crippen LogP contribution is -1.99. The molecule has 3 nitrogen and oxygen atoms in total. The van der Waals surface area contributed by atoms with E-state index in [1.54, 1.807) is 25.1 Å². The topological polar surface area (TPSA) is 50.2 Å². The molecule has 0 unspecified atom stereocenters. The standard InChI is InChI=1S/C11H8ClNO2S/c1-6-9(11(14)15)10(16-13-6)7-4-2-3-5-8(7)12/h2-5H,1H3,(H,14,15). The summed E-state index contributed by atoms with van der Waals surface area (Å²) in [5.41, 5.74) is 1.47. The average Bonchev–Trinajstić information content (AvgIpc) is 2.61. The zero-order valence-electron chi connectivity index (χ0n) is 8.40. The Morgan fingerprint density at radius 3 is 2.75 bits per heavy atom. The number of benzene rings is 1. The minimum Gasteiger partial charge on any atom is -0.478 e. The molecule has 0 atom stereocenters. The van der Waals surface area contributed by atoms with Gasteiger partial charge in [0.25, 0.3) is 0 Å². The Morgan fingerprint density at radius 1 is 1.44 bits per heavy atom. The molecule has 1 aromatic heterocycles. The Morgan fingerprint density at radius 2 is 2.12 bits per heavy atom. The second-order valence-electron chi connectivity index (χ2n) is 3.26. The van der Waals surface area contributed by atoms with E-state index in [9.17, 15) is 4.79 Å². The molecule has 0 saturated heterocycles. The zero-order valence-corrected chi connectivity index (χ0v) is 9.97. The van der Waals surface area contributed by atoms with Gasteiger partial charge in [-0.15, -0.1) is 0 Å². The lowest BCUT2D eigenvalue weighted by molar-refractivity contribution is 0.0697. The number of carboxylic acids is 1. The van der Waals surface area contributed by atoms with Crippen LogP contribution in [-0.2, 0) is 0 Å². The predicted molar refractivity (Wildman–Crippen MR) is 64.3 cm³/mol. The van der Waals surface area contributed by atoms with Gasteiger partial charge in [-0.25, -0.2) is 4.79 Å². The maximum Gasteiger partial charge on any atom is 0.339 e. The molecule has 82 valence electrons. The van der Waals surface area contributed by atoms with Gasteiger partial charge in [0.15, 0.2) is 0 Å². The van der Waals surface area contributed by atoms with Gasteiger partial charge in [-0.3, -0.25) is 0 Å². The number of rotatable bonds is 2. The van der Waals surface area contributed by atoms with Gasteiger partial charge in [0.2, 0.25) is 0 Å². The first-order chi connectivity index (χ1) is 7.61. The molecule has 0 saturated carbocycles. The molecule has 2 aromatic rings. The van der Waals surface area contributed by atoms with E-state index in [-0.39, 0.29) is 5.56 Å². The highest BCUT2D eigenvalue weighted by atomic mass is 35.5. The lowest BCUT2D eigenvalue weighted by atomic mass is 10.1. The largest absolute Gasteiger partial charge is 0.478 e. The Kier molecular flexibility index (Phi) is 2.94. The molecule has 0 radical (unpaired) electrons. The van der Waals surface area contributed by atoms with Crippen LogP contribution in [0.3, 0.4) is 0 Å². The van der Waals surface area contributed by atoms with Crippen LogP contribution >= 0.6 is 23.1 Å². The Bertz CT molecular complexity index is 551.